The normalized spacial score (nSPS) is 25.2. The van der Waals surface area contributed by atoms with E-state index in [-0.39, 0.29) is 23.7 Å². The topological polar surface area (TPSA) is 78.4 Å². The Balaban J connectivity index is 1.35. The molecule has 3 unspecified atom stereocenters. The average molecular weight is 482 g/mol. The lowest BCUT2D eigenvalue weighted by atomic mass is 10.0. The number of likely N-dealkylation sites (tertiary alicyclic amines) is 1. The van der Waals surface area contributed by atoms with Crippen molar-refractivity contribution >= 4 is 45.0 Å². The number of piperidine rings is 1. The second-order valence-electron chi connectivity index (χ2n) is 9.19. The minimum absolute atomic E-state index is 0.0315. The fourth-order valence-corrected chi connectivity index (χ4v) is 6.25. The summed E-state index contributed by atoms with van der Waals surface area (Å²) >= 11 is 7.96. The van der Waals surface area contributed by atoms with Crippen LogP contribution in [0.25, 0.3) is 21.5 Å². The second kappa shape index (κ2) is 8.13. The SMILES string of the molecule is CC1CNCCN1Cc1ccc(Cl)cc1-c1ncnc2cc(CN3C(=O)C4CC4C3=O)sc12. The van der Waals surface area contributed by atoms with E-state index >= 15 is 0 Å². The van der Waals surface area contributed by atoms with Crippen LogP contribution < -0.4 is 5.32 Å². The summed E-state index contributed by atoms with van der Waals surface area (Å²) in [5, 5.41) is 4.11. The molecule has 2 aliphatic heterocycles. The van der Waals surface area contributed by atoms with E-state index in [1.807, 2.05) is 18.2 Å². The number of hydrogen-bond acceptors (Lipinski definition) is 7. The predicted octanol–water partition coefficient (Wildman–Crippen LogP) is 3.31. The van der Waals surface area contributed by atoms with Gasteiger partial charge in [-0.2, -0.15) is 0 Å². The Morgan fingerprint density at radius 1 is 1.15 bits per heavy atom. The van der Waals surface area contributed by atoms with Crippen molar-refractivity contribution in [1.82, 2.24) is 25.1 Å². The minimum Gasteiger partial charge on any atom is -0.314 e. The molecule has 3 aromatic rings. The van der Waals surface area contributed by atoms with Crippen molar-refractivity contribution in [3.8, 4) is 11.3 Å². The zero-order valence-electron chi connectivity index (χ0n) is 18.3. The number of piperazine rings is 1. The van der Waals surface area contributed by atoms with Crippen LogP contribution in [-0.2, 0) is 22.7 Å². The number of fused-ring (bicyclic) bond motifs is 2. The third-order valence-electron chi connectivity index (χ3n) is 6.97. The lowest BCUT2D eigenvalue weighted by Crippen LogP contribution is -2.49. The van der Waals surface area contributed by atoms with E-state index in [4.69, 9.17) is 11.6 Å². The average Bonchev–Trinajstić information content (AvgIpc) is 3.44. The molecule has 1 N–H and O–H groups in total. The number of hydrogen-bond donors (Lipinski definition) is 1. The van der Waals surface area contributed by atoms with Crippen LogP contribution in [0.1, 0.15) is 23.8 Å². The van der Waals surface area contributed by atoms with E-state index in [1.165, 1.54) is 10.5 Å². The van der Waals surface area contributed by atoms with Crippen LogP contribution in [0.3, 0.4) is 0 Å². The zero-order chi connectivity index (χ0) is 22.7. The van der Waals surface area contributed by atoms with Gasteiger partial charge in [0.2, 0.25) is 11.8 Å². The summed E-state index contributed by atoms with van der Waals surface area (Å²) in [4.78, 5) is 38.8. The number of benzene rings is 1. The molecule has 7 nitrogen and oxygen atoms in total. The third-order valence-corrected chi connectivity index (χ3v) is 8.32. The van der Waals surface area contributed by atoms with Crippen molar-refractivity contribution in [3.63, 3.8) is 0 Å². The standard InChI is InChI=1S/C24H24ClN5O2S/c1-13-9-26-4-5-29(13)10-14-2-3-15(25)6-17(14)21-22-20(27-12-28-21)7-16(33-22)11-30-23(31)18-8-19(18)24(30)32/h2-3,6-7,12-13,18-19,26H,4-5,8-11H2,1H3. The van der Waals surface area contributed by atoms with E-state index in [1.54, 1.807) is 17.7 Å². The quantitative estimate of drug-likeness (QED) is 0.563. The Morgan fingerprint density at radius 2 is 1.97 bits per heavy atom. The molecule has 0 radical (unpaired) electrons. The number of thiophene rings is 1. The van der Waals surface area contributed by atoms with E-state index in [2.05, 4.69) is 33.2 Å². The Kier molecular flexibility index (Phi) is 5.21. The molecule has 33 heavy (non-hydrogen) atoms. The molecule has 3 atom stereocenters. The molecule has 9 heteroatoms. The molecule has 3 aliphatic rings. The van der Waals surface area contributed by atoms with Crippen LogP contribution in [0.4, 0.5) is 0 Å². The maximum Gasteiger partial charge on any atom is 0.233 e. The summed E-state index contributed by atoms with van der Waals surface area (Å²) in [5.41, 5.74) is 3.85. The molecule has 6 rings (SSSR count). The van der Waals surface area contributed by atoms with Gasteiger partial charge in [-0.05, 0) is 37.1 Å². The number of amides is 2. The molecule has 0 bridgehead atoms. The summed E-state index contributed by atoms with van der Waals surface area (Å²) in [5.74, 6) is -0.223. The Labute approximate surface area is 200 Å². The van der Waals surface area contributed by atoms with Gasteiger partial charge in [0.15, 0.2) is 0 Å². The molecule has 2 aromatic heterocycles. The summed E-state index contributed by atoms with van der Waals surface area (Å²) in [6, 6.07) is 8.41. The van der Waals surface area contributed by atoms with E-state index in [0.29, 0.717) is 17.6 Å². The van der Waals surface area contributed by atoms with Crippen LogP contribution in [0, 0.1) is 11.8 Å². The van der Waals surface area contributed by atoms with Crippen molar-refractivity contribution < 1.29 is 9.59 Å². The van der Waals surface area contributed by atoms with Crippen LogP contribution >= 0.6 is 22.9 Å². The highest BCUT2D eigenvalue weighted by Gasteiger charge is 2.58. The third kappa shape index (κ3) is 3.75. The lowest BCUT2D eigenvalue weighted by Gasteiger charge is -2.34. The van der Waals surface area contributed by atoms with Gasteiger partial charge < -0.3 is 5.32 Å². The zero-order valence-corrected chi connectivity index (χ0v) is 19.8. The smallest absolute Gasteiger partial charge is 0.233 e. The van der Waals surface area contributed by atoms with E-state index in [9.17, 15) is 9.59 Å². The molecule has 1 aromatic carbocycles. The molecule has 170 valence electrons. The largest absolute Gasteiger partial charge is 0.314 e. The summed E-state index contributed by atoms with van der Waals surface area (Å²) in [6.45, 7) is 6.32. The van der Waals surface area contributed by atoms with Crippen molar-refractivity contribution in [2.24, 2.45) is 11.8 Å². The first kappa shape index (κ1) is 21.2. The molecule has 3 fully saturated rings. The highest BCUT2D eigenvalue weighted by molar-refractivity contribution is 7.19. The van der Waals surface area contributed by atoms with Crippen LogP contribution in [0.15, 0.2) is 30.6 Å². The Morgan fingerprint density at radius 3 is 2.76 bits per heavy atom. The summed E-state index contributed by atoms with van der Waals surface area (Å²) < 4.78 is 0.952. The molecule has 0 spiro atoms. The van der Waals surface area contributed by atoms with Crippen molar-refractivity contribution in [2.45, 2.75) is 32.5 Å². The van der Waals surface area contributed by atoms with Crippen LogP contribution in [0.5, 0.6) is 0 Å². The summed E-state index contributed by atoms with van der Waals surface area (Å²) in [6.07, 6.45) is 2.30. The Hall–Kier alpha value is -2.39. The van der Waals surface area contributed by atoms with Crippen LogP contribution in [-0.4, -0.2) is 57.3 Å². The van der Waals surface area contributed by atoms with Gasteiger partial charge in [-0.3, -0.25) is 19.4 Å². The number of carbonyl (C=O) groups excluding carboxylic acids is 2. The highest BCUT2D eigenvalue weighted by Crippen LogP contribution is 2.48. The van der Waals surface area contributed by atoms with E-state index < -0.39 is 0 Å². The molecular weight excluding hydrogens is 458 g/mol. The molecule has 2 saturated heterocycles. The lowest BCUT2D eigenvalue weighted by molar-refractivity contribution is -0.141. The van der Waals surface area contributed by atoms with Gasteiger partial charge in [0.25, 0.3) is 0 Å². The molecular formula is C24H24ClN5O2S. The maximum absolute atomic E-state index is 12.4. The van der Waals surface area contributed by atoms with Crippen molar-refractivity contribution in [1.29, 1.82) is 0 Å². The number of nitrogens with zero attached hydrogens (tertiary/aromatic N) is 4. The summed E-state index contributed by atoms with van der Waals surface area (Å²) in [7, 11) is 0. The highest BCUT2D eigenvalue weighted by atomic mass is 35.5. The van der Waals surface area contributed by atoms with Gasteiger partial charge in [-0.15, -0.1) is 11.3 Å². The predicted molar refractivity (Wildman–Crippen MR) is 128 cm³/mol. The molecule has 1 aliphatic carbocycles. The molecule has 2 amide bonds. The number of imide groups is 1. The fourth-order valence-electron chi connectivity index (χ4n) is 4.98. The van der Waals surface area contributed by atoms with Gasteiger partial charge in [0, 0.05) is 47.7 Å². The Bertz CT molecular complexity index is 1260. The first-order valence-electron chi connectivity index (χ1n) is 11.3. The van der Waals surface area contributed by atoms with Crippen molar-refractivity contribution in [2.75, 3.05) is 19.6 Å². The minimum atomic E-state index is -0.0800. The molecule has 1 saturated carbocycles. The maximum atomic E-state index is 12.4. The molecule has 4 heterocycles. The number of aromatic nitrogens is 2. The number of nitrogens with one attached hydrogen (secondary N) is 1. The van der Waals surface area contributed by atoms with E-state index in [0.717, 1.165) is 59.0 Å². The van der Waals surface area contributed by atoms with Gasteiger partial charge in [-0.25, -0.2) is 9.97 Å². The van der Waals surface area contributed by atoms with Gasteiger partial charge in [0.05, 0.1) is 34.3 Å². The number of rotatable bonds is 5. The number of carbonyl (C=O) groups is 2. The second-order valence-corrected chi connectivity index (χ2v) is 10.8. The van der Waals surface area contributed by atoms with Gasteiger partial charge in [-0.1, -0.05) is 17.7 Å². The van der Waals surface area contributed by atoms with Gasteiger partial charge >= 0.3 is 0 Å². The fraction of sp³-hybridized carbons (Fsp3) is 0.417. The van der Waals surface area contributed by atoms with Crippen LogP contribution in [0.2, 0.25) is 5.02 Å². The monoisotopic (exact) mass is 481 g/mol. The van der Waals surface area contributed by atoms with Crippen molar-refractivity contribution in [3.05, 3.63) is 46.1 Å². The first-order chi connectivity index (χ1) is 16.0. The first-order valence-corrected chi connectivity index (χ1v) is 12.5. The van der Waals surface area contributed by atoms with Gasteiger partial charge in [0.1, 0.15) is 6.33 Å². The number of halogens is 1.